The van der Waals surface area contributed by atoms with E-state index >= 15 is 0 Å². The Balaban J connectivity index is 1.45. The minimum absolute atomic E-state index is 0.123. The van der Waals surface area contributed by atoms with Gasteiger partial charge in [-0.1, -0.05) is 0 Å². The van der Waals surface area contributed by atoms with Crippen molar-refractivity contribution < 1.29 is 14.2 Å². The third-order valence-corrected chi connectivity index (χ3v) is 6.27. The minimum Gasteiger partial charge on any atom is -0.382 e. The Kier molecular flexibility index (Phi) is 6.66. The van der Waals surface area contributed by atoms with E-state index in [1.54, 1.807) is 13.4 Å². The Morgan fingerprint density at radius 1 is 1.21 bits per heavy atom. The first kappa shape index (κ1) is 20.9. The van der Waals surface area contributed by atoms with Crippen LogP contribution in [0.1, 0.15) is 51.8 Å². The molecule has 3 heterocycles. The van der Waals surface area contributed by atoms with Gasteiger partial charge in [0.05, 0.1) is 42.8 Å². The van der Waals surface area contributed by atoms with E-state index in [4.69, 9.17) is 14.2 Å². The van der Waals surface area contributed by atoms with E-state index in [-0.39, 0.29) is 30.5 Å². The molecule has 1 saturated carbocycles. The van der Waals surface area contributed by atoms with Gasteiger partial charge in [-0.3, -0.25) is 5.43 Å². The van der Waals surface area contributed by atoms with E-state index < -0.39 is 0 Å². The number of morpholine rings is 1. The maximum Gasteiger partial charge on any atom is 0.132 e. The van der Waals surface area contributed by atoms with Gasteiger partial charge in [-0.05, 0) is 40.0 Å². The van der Waals surface area contributed by atoms with E-state index in [0.717, 1.165) is 43.9 Å². The van der Waals surface area contributed by atoms with Crippen LogP contribution in [0.25, 0.3) is 0 Å². The SMILES string of the molecule is COC[C@@H](C)OC1CCC2NNC(c3cc(N4C[C@@H](C)O[C@@H](C)C4)ncn3)C2C1. The lowest BCUT2D eigenvalue weighted by molar-refractivity contribution is -0.0623. The lowest BCUT2D eigenvalue weighted by Crippen LogP contribution is -2.46. The number of fused-ring (bicyclic) bond motifs is 1. The van der Waals surface area contributed by atoms with Gasteiger partial charge in [0.15, 0.2) is 0 Å². The highest BCUT2D eigenvalue weighted by atomic mass is 16.5. The van der Waals surface area contributed by atoms with Gasteiger partial charge in [-0.25, -0.2) is 15.4 Å². The highest BCUT2D eigenvalue weighted by Crippen LogP contribution is 2.39. The highest BCUT2D eigenvalue weighted by molar-refractivity contribution is 5.41. The van der Waals surface area contributed by atoms with Crippen molar-refractivity contribution in [3.8, 4) is 0 Å². The Morgan fingerprint density at radius 2 is 2.00 bits per heavy atom. The van der Waals surface area contributed by atoms with E-state index in [2.05, 4.69) is 52.6 Å². The Labute approximate surface area is 173 Å². The smallest absolute Gasteiger partial charge is 0.132 e. The molecule has 3 aliphatic rings. The van der Waals surface area contributed by atoms with Crippen molar-refractivity contribution in [3.05, 3.63) is 18.1 Å². The first-order valence-corrected chi connectivity index (χ1v) is 10.9. The molecule has 1 aromatic heterocycles. The first-order chi connectivity index (χ1) is 14.0. The Hall–Kier alpha value is -1.32. The van der Waals surface area contributed by atoms with Crippen molar-refractivity contribution in [3.63, 3.8) is 0 Å². The van der Waals surface area contributed by atoms with Crippen molar-refractivity contribution in [1.82, 2.24) is 20.8 Å². The zero-order valence-electron chi connectivity index (χ0n) is 18.0. The number of methoxy groups -OCH3 is 1. The molecular formula is C21H35N5O3. The van der Waals surface area contributed by atoms with Crippen LogP contribution in [0.3, 0.4) is 0 Å². The molecule has 0 bridgehead atoms. The summed E-state index contributed by atoms with van der Waals surface area (Å²) in [6, 6.07) is 2.77. The number of nitrogens with zero attached hydrogens (tertiary/aromatic N) is 3. The summed E-state index contributed by atoms with van der Waals surface area (Å²) in [5, 5.41) is 0. The highest BCUT2D eigenvalue weighted by Gasteiger charge is 2.42. The summed E-state index contributed by atoms with van der Waals surface area (Å²) < 4.78 is 17.3. The minimum atomic E-state index is 0.123. The van der Waals surface area contributed by atoms with Crippen LogP contribution < -0.4 is 15.8 Å². The fourth-order valence-electron chi connectivity index (χ4n) is 5.11. The van der Waals surface area contributed by atoms with Crippen molar-refractivity contribution in [2.75, 3.05) is 31.7 Å². The number of hydrogen-bond acceptors (Lipinski definition) is 8. The molecule has 0 amide bonds. The van der Waals surface area contributed by atoms with Gasteiger partial charge in [0, 0.05) is 38.2 Å². The molecule has 3 fully saturated rings. The van der Waals surface area contributed by atoms with E-state index in [9.17, 15) is 0 Å². The van der Waals surface area contributed by atoms with Crippen molar-refractivity contribution >= 4 is 5.82 Å². The van der Waals surface area contributed by atoms with Crippen LogP contribution in [0.5, 0.6) is 0 Å². The summed E-state index contributed by atoms with van der Waals surface area (Å²) in [4.78, 5) is 11.5. The fraction of sp³-hybridized carbons (Fsp3) is 0.810. The van der Waals surface area contributed by atoms with Gasteiger partial charge in [0.1, 0.15) is 12.1 Å². The number of ether oxygens (including phenoxy) is 3. The zero-order chi connectivity index (χ0) is 20.4. The van der Waals surface area contributed by atoms with Crippen LogP contribution in [0.4, 0.5) is 5.82 Å². The number of nitrogens with one attached hydrogen (secondary N) is 2. The van der Waals surface area contributed by atoms with Gasteiger partial charge >= 0.3 is 0 Å². The van der Waals surface area contributed by atoms with Gasteiger partial charge in [-0.2, -0.15) is 0 Å². The van der Waals surface area contributed by atoms with Crippen molar-refractivity contribution in [2.24, 2.45) is 5.92 Å². The third-order valence-electron chi connectivity index (χ3n) is 6.27. The molecule has 8 nitrogen and oxygen atoms in total. The molecule has 2 aliphatic heterocycles. The van der Waals surface area contributed by atoms with E-state index in [1.807, 2.05) is 0 Å². The molecule has 162 valence electrons. The maximum atomic E-state index is 6.23. The number of hydrogen-bond donors (Lipinski definition) is 2. The predicted molar refractivity (Wildman–Crippen MR) is 111 cm³/mol. The van der Waals surface area contributed by atoms with Crippen LogP contribution in [0, 0.1) is 5.92 Å². The Bertz CT molecular complexity index is 667. The van der Waals surface area contributed by atoms with Crippen LogP contribution in [-0.4, -0.2) is 67.2 Å². The summed E-state index contributed by atoms with van der Waals surface area (Å²) in [6.07, 6.45) is 5.71. The molecule has 4 rings (SSSR count). The number of anilines is 1. The standard InChI is InChI=1S/C21H35N5O3/c1-13-9-26(10-14(2)28-13)20-8-19(22-12-23-20)21-17-7-16(29-15(3)11-27-4)5-6-18(17)24-25-21/h8,12-18,21,24-25H,5-7,9-11H2,1-4H3/t13-,14+,15-,16?,17?,18?,21?/m1/s1. The van der Waals surface area contributed by atoms with Crippen LogP contribution in [-0.2, 0) is 14.2 Å². The first-order valence-electron chi connectivity index (χ1n) is 10.9. The second kappa shape index (κ2) is 9.22. The maximum absolute atomic E-state index is 6.23. The summed E-state index contributed by atoms with van der Waals surface area (Å²) in [5.74, 6) is 1.44. The number of hydrazine groups is 1. The molecule has 0 spiro atoms. The molecule has 8 heteroatoms. The van der Waals surface area contributed by atoms with Crippen molar-refractivity contribution in [2.45, 2.75) is 76.5 Å². The molecule has 0 aromatic carbocycles. The number of aromatic nitrogens is 2. The Morgan fingerprint density at radius 3 is 2.76 bits per heavy atom. The topological polar surface area (TPSA) is 80.8 Å². The van der Waals surface area contributed by atoms with Gasteiger partial charge in [-0.15, -0.1) is 0 Å². The summed E-state index contributed by atoms with van der Waals surface area (Å²) in [5.41, 5.74) is 8.04. The number of rotatable bonds is 6. The molecular weight excluding hydrogens is 370 g/mol. The van der Waals surface area contributed by atoms with Gasteiger partial charge in [0.25, 0.3) is 0 Å². The lowest BCUT2D eigenvalue weighted by Gasteiger charge is -2.36. The predicted octanol–water partition coefficient (Wildman–Crippen LogP) is 1.83. The average Bonchev–Trinajstić information content (AvgIpc) is 3.11. The lowest BCUT2D eigenvalue weighted by atomic mass is 9.79. The summed E-state index contributed by atoms with van der Waals surface area (Å²) in [7, 11) is 1.72. The molecule has 1 aliphatic carbocycles. The molecule has 29 heavy (non-hydrogen) atoms. The molecule has 2 N–H and O–H groups in total. The monoisotopic (exact) mass is 405 g/mol. The molecule has 2 saturated heterocycles. The van der Waals surface area contributed by atoms with Crippen LogP contribution in [0.15, 0.2) is 12.4 Å². The summed E-state index contributed by atoms with van der Waals surface area (Å²) >= 11 is 0. The molecule has 0 radical (unpaired) electrons. The average molecular weight is 406 g/mol. The second-order valence-electron chi connectivity index (χ2n) is 8.84. The zero-order valence-corrected chi connectivity index (χ0v) is 18.0. The molecule has 7 atom stereocenters. The van der Waals surface area contributed by atoms with Crippen LogP contribution >= 0.6 is 0 Å². The molecule has 1 aromatic rings. The fourth-order valence-corrected chi connectivity index (χ4v) is 5.11. The van der Waals surface area contributed by atoms with Gasteiger partial charge < -0.3 is 19.1 Å². The van der Waals surface area contributed by atoms with E-state index in [1.165, 1.54) is 0 Å². The quantitative estimate of drug-likeness (QED) is 0.742. The van der Waals surface area contributed by atoms with Crippen LogP contribution in [0.2, 0.25) is 0 Å². The molecule has 4 unspecified atom stereocenters. The summed E-state index contributed by atoms with van der Waals surface area (Å²) in [6.45, 7) is 8.66. The third kappa shape index (κ3) is 4.88. The second-order valence-corrected chi connectivity index (χ2v) is 8.84. The van der Waals surface area contributed by atoms with Gasteiger partial charge in [0.2, 0.25) is 0 Å². The van der Waals surface area contributed by atoms with Crippen molar-refractivity contribution in [1.29, 1.82) is 0 Å². The normalized spacial score (nSPS) is 36.1. The largest absolute Gasteiger partial charge is 0.382 e. The van der Waals surface area contributed by atoms with E-state index in [0.29, 0.717) is 18.6 Å².